The van der Waals surface area contributed by atoms with Crippen LogP contribution in [0.2, 0.25) is 0 Å². The van der Waals surface area contributed by atoms with Crippen molar-refractivity contribution in [2.45, 2.75) is 38.6 Å². The van der Waals surface area contributed by atoms with Gasteiger partial charge in [-0.15, -0.1) is 6.42 Å². The van der Waals surface area contributed by atoms with Gasteiger partial charge in [-0.2, -0.15) is 0 Å². The largest absolute Gasteiger partial charge is 0.396 e. The number of aliphatic hydroxyl groups excluding tert-OH is 1. The number of terminal acetylenes is 1. The topological polar surface area (TPSA) is 61.4 Å². The van der Waals surface area contributed by atoms with Crippen molar-refractivity contribution < 1.29 is 9.90 Å². The molecule has 0 bridgehead atoms. The molecule has 1 rings (SSSR count). The molecule has 0 saturated heterocycles. The number of carbonyl (C=O) groups excluding carboxylic acids is 1. The minimum Gasteiger partial charge on any atom is -0.396 e. The van der Waals surface area contributed by atoms with E-state index in [0.717, 1.165) is 12.8 Å². The predicted molar refractivity (Wildman–Crippen MR) is 67.3 cm³/mol. The third-order valence-electron chi connectivity index (χ3n) is 3.54. The molecule has 3 N–H and O–H groups in total. The Morgan fingerprint density at radius 2 is 2.18 bits per heavy atom. The van der Waals surface area contributed by atoms with Gasteiger partial charge in [-0.25, -0.2) is 0 Å². The standard InChI is InChI=1S/C13H22N2O2/c1-3-8-14-12(17)11(2)15-9-13(10-16)6-4-5-7-13/h1,11,15-16H,4-10H2,2H3,(H,14,17). The maximum absolute atomic E-state index is 11.6. The van der Waals surface area contributed by atoms with Crippen molar-refractivity contribution >= 4 is 5.91 Å². The molecule has 0 aromatic carbocycles. The van der Waals surface area contributed by atoms with E-state index in [1.165, 1.54) is 12.8 Å². The van der Waals surface area contributed by atoms with E-state index >= 15 is 0 Å². The Labute approximate surface area is 103 Å². The van der Waals surface area contributed by atoms with E-state index < -0.39 is 0 Å². The van der Waals surface area contributed by atoms with Gasteiger partial charge in [-0.3, -0.25) is 4.79 Å². The van der Waals surface area contributed by atoms with Gasteiger partial charge in [0.2, 0.25) is 5.91 Å². The van der Waals surface area contributed by atoms with Gasteiger partial charge in [0.15, 0.2) is 0 Å². The molecule has 1 unspecified atom stereocenters. The Balaban J connectivity index is 2.34. The van der Waals surface area contributed by atoms with Crippen LogP contribution in [0.25, 0.3) is 0 Å². The molecule has 0 aliphatic heterocycles. The van der Waals surface area contributed by atoms with Crippen LogP contribution in [0.1, 0.15) is 32.6 Å². The summed E-state index contributed by atoms with van der Waals surface area (Å²) < 4.78 is 0. The lowest BCUT2D eigenvalue weighted by molar-refractivity contribution is -0.122. The second-order valence-corrected chi connectivity index (χ2v) is 4.89. The van der Waals surface area contributed by atoms with Gasteiger partial charge in [0.05, 0.1) is 12.6 Å². The van der Waals surface area contributed by atoms with Crippen molar-refractivity contribution in [1.29, 1.82) is 0 Å². The summed E-state index contributed by atoms with van der Waals surface area (Å²) in [5, 5.41) is 15.3. The molecular formula is C13H22N2O2. The first-order valence-corrected chi connectivity index (χ1v) is 6.19. The van der Waals surface area contributed by atoms with Gasteiger partial charge in [-0.05, 0) is 19.8 Å². The minimum atomic E-state index is -0.271. The molecule has 1 saturated carbocycles. The Morgan fingerprint density at radius 3 is 2.71 bits per heavy atom. The number of amides is 1. The molecule has 1 fully saturated rings. The van der Waals surface area contributed by atoms with Crippen LogP contribution in [0, 0.1) is 17.8 Å². The fraction of sp³-hybridized carbons (Fsp3) is 0.769. The number of aliphatic hydroxyl groups is 1. The molecule has 1 atom stereocenters. The van der Waals surface area contributed by atoms with Crippen LogP contribution in [0.3, 0.4) is 0 Å². The lowest BCUT2D eigenvalue weighted by Gasteiger charge is -2.28. The lowest BCUT2D eigenvalue weighted by atomic mass is 9.87. The number of rotatable bonds is 6. The zero-order valence-corrected chi connectivity index (χ0v) is 10.5. The molecule has 0 radical (unpaired) electrons. The Morgan fingerprint density at radius 1 is 1.53 bits per heavy atom. The van der Waals surface area contributed by atoms with E-state index in [0.29, 0.717) is 6.54 Å². The minimum absolute atomic E-state index is 0.0271. The zero-order valence-electron chi connectivity index (χ0n) is 10.5. The van der Waals surface area contributed by atoms with Crippen molar-refractivity contribution in [1.82, 2.24) is 10.6 Å². The van der Waals surface area contributed by atoms with Gasteiger partial charge in [0.25, 0.3) is 0 Å². The number of hydrogen-bond donors (Lipinski definition) is 3. The molecule has 0 heterocycles. The maximum Gasteiger partial charge on any atom is 0.237 e. The molecule has 17 heavy (non-hydrogen) atoms. The monoisotopic (exact) mass is 238 g/mol. The first kappa shape index (κ1) is 14.0. The fourth-order valence-electron chi connectivity index (χ4n) is 2.27. The highest BCUT2D eigenvalue weighted by Gasteiger charge is 2.33. The fourth-order valence-corrected chi connectivity index (χ4v) is 2.27. The first-order chi connectivity index (χ1) is 8.13. The second-order valence-electron chi connectivity index (χ2n) is 4.89. The van der Waals surface area contributed by atoms with Crippen molar-refractivity contribution in [3.8, 4) is 12.3 Å². The molecule has 1 aliphatic rings. The third kappa shape index (κ3) is 4.03. The molecule has 4 nitrogen and oxygen atoms in total. The van der Waals surface area contributed by atoms with Gasteiger partial charge in [0.1, 0.15) is 0 Å². The highest BCUT2D eigenvalue weighted by Crippen LogP contribution is 2.36. The lowest BCUT2D eigenvalue weighted by Crippen LogP contribution is -2.46. The van der Waals surface area contributed by atoms with Gasteiger partial charge in [0, 0.05) is 18.6 Å². The number of hydrogen-bond acceptors (Lipinski definition) is 3. The van der Waals surface area contributed by atoms with Crippen molar-refractivity contribution in [2.75, 3.05) is 19.7 Å². The molecular weight excluding hydrogens is 216 g/mol. The number of carbonyl (C=O) groups is 1. The zero-order chi connectivity index (χ0) is 12.7. The third-order valence-corrected chi connectivity index (χ3v) is 3.54. The summed E-state index contributed by atoms with van der Waals surface area (Å²) in [6.45, 7) is 2.95. The molecule has 0 spiro atoms. The highest BCUT2D eigenvalue weighted by molar-refractivity contribution is 5.81. The van der Waals surface area contributed by atoms with Gasteiger partial charge >= 0.3 is 0 Å². The van der Waals surface area contributed by atoms with E-state index in [4.69, 9.17) is 6.42 Å². The van der Waals surface area contributed by atoms with E-state index in [1.54, 1.807) is 0 Å². The second kappa shape index (κ2) is 6.63. The summed E-state index contributed by atoms with van der Waals surface area (Å²) in [4.78, 5) is 11.6. The smallest absolute Gasteiger partial charge is 0.237 e. The van der Waals surface area contributed by atoms with Gasteiger partial charge in [-0.1, -0.05) is 18.8 Å². The van der Waals surface area contributed by atoms with E-state index in [-0.39, 0.29) is 30.5 Å². The number of nitrogens with one attached hydrogen (secondary N) is 2. The summed E-state index contributed by atoms with van der Waals surface area (Å²) in [6, 6.07) is -0.271. The highest BCUT2D eigenvalue weighted by atomic mass is 16.3. The molecule has 96 valence electrons. The van der Waals surface area contributed by atoms with Crippen LogP contribution in [-0.2, 0) is 4.79 Å². The molecule has 0 aromatic rings. The quantitative estimate of drug-likeness (QED) is 0.582. The van der Waals surface area contributed by atoms with Crippen LogP contribution in [0.5, 0.6) is 0 Å². The average Bonchev–Trinajstić information content (AvgIpc) is 2.82. The summed E-state index contributed by atoms with van der Waals surface area (Å²) >= 11 is 0. The van der Waals surface area contributed by atoms with Crippen molar-refractivity contribution in [3.05, 3.63) is 0 Å². The molecule has 0 aromatic heterocycles. The van der Waals surface area contributed by atoms with Crippen LogP contribution in [0.15, 0.2) is 0 Å². The summed E-state index contributed by atoms with van der Waals surface area (Å²) in [6.07, 6.45) is 9.48. The summed E-state index contributed by atoms with van der Waals surface area (Å²) in [5.74, 6) is 2.28. The summed E-state index contributed by atoms with van der Waals surface area (Å²) in [5.41, 5.74) is -0.0271. The van der Waals surface area contributed by atoms with Gasteiger partial charge < -0.3 is 15.7 Å². The Kier molecular flexibility index (Phi) is 5.46. The van der Waals surface area contributed by atoms with E-state index in [1.807, 2.05) is 6.92 Å². The Bertz CT molecular complexity index is 290. The normalized spacial score (nSPS) is 19.6. The molecule has 4 heteroatoms. The SMILES string of the molecule is C#CCNC(=O)C(C)NCC1(CO)CCCC1. The first-order valence-electron chi connectivity index (χ1n) is 6.19. The Hall–Kier alpha value is -1.05. The maximum atomic E-state index is 11.6. The molecule has 1 amide bonds. The van der Waals surface area contributed by atoms with Crippen LogP contribution in [-0.4, -0.2) is 36.8 Å². The van der Waals surface area contributed by atoms with Crippen molar-refractivity contribution in [2.24, 2.45) is 5.41 Å². The predicted octanol–water partition coefficient (Wildman–Crippen LogP) is 0.267. The molecule has 1 aliphatic carbocycles. The summed E-state index contributed by atoms with van der Waals surface area (Å²) in [7, 11) is 0. The van der Waals surface area contributed by atoms with Crippen molar-refractivity contribution in [3.63, 3.8) is 0 Å². The van der Waals surface area contributed by atoms with Crippen LogP contribution >= 0.6 is 0 Å². The van der Waals surface area contributed by atoms with Crippen LogP contribution < -0.4 is 10.6 Å². The van der Waals surface area contributed by atoms with E-state index in [9.17, 15) is 9.90 Å². The van der Waals surface area contributed by atoms with Crippen LogP contribution in [0.4, 0.5) is 0 Å². The van der Waals surface area contributed by atoms with E-state index in [2.05, 4.69) is 16.6 Å². The average molecular weight is 238 g/mol.